The van der Waals surface area contributed by atoms with Gasteiger partial charge in [0.1, 0.15) is 17.6 Å². The van der Waals surface area contributed by atoms with E-state index >= 15 is 0 Å². The fraction of sp³-hybridized carbons (Fsp3) is 0.667. The van der Waals surface area contributed by atoms with Crippen molar-refractivity contribution in [2.45, 2.75) is 58.6 Å². The van der Waals surface area contributed by atoms with Crippen LogP contribution in [0.15, 0.2) is 23.2 Å². The summed E-state index contributed by atoms with van der Waals surface area (Å²) in [5.41, 5.74) is 0.639. The van der Waals surface area contributed by atoms with Crippen LogP contribution in [0.2, 0.25) is 0 Å². The van der Waals surface area contributed by atoms with Crippen molar-refractivity contribution in [3.63, 3.8) is 0 Å². The normalized spacial score (nSPS) is 16.1. The molecule has 32 heavy (non-hydrogen) atoms. The zero-order valence-corrected chi connectivity index (χ0v) is 20.2. The zero-order chi connectivity index (χ0) is 23.5. The number of aliphatic hydroxyl groups excluding tert-OH is 1. The van der Waals surface area contributed by atoms with Crippen molar-refractivity contribution < 1.29 is 19.4 Å². The van der Waals surface area contributed by atoms with Gasteiger partial charge in [0.15, 0.2) is 5.96 Å². The zero-order valence-electron chi connectivity index (χ0n) is 20.2. The number of carbonyl (C=O) groups is 1. The fourth-order valence-electron chi connectivity index (χ4n) is 4.03. The molecule has 3 N–H and O–H groups in total. The van der Waals surface area contributed by atoms with E-state index in [2.05, 4.69) is 29.5 Å². The third-order valence-corrected chi connectivity index (χ3v) is 6.04. The van der Waals surface area contributed by atoms with Crippen molar-refractivity contribution in [1.82, 2.24) is 15.5 Å². The molecule has 1 aromatic carbocycles. The van der Waals surface area contributed by atoms with Crippen LogP contribution >= 0.6 is 0 Å². The molecule has 0 radical (unpaired) electrons. The molecule has 1 saturated heterocycles. The number of nitrogens with one attached hydrogen (secondary N) is 2. The summed E-state index contributed by atoms with van der Waals surface area (Å²) in [6, 6.07) is 5.58. The second-order valence-electron chi connectivity index (χ2n) is 8.10. The third kappa shape index (κ3) is 7.02. The van der Waals surface area contributed by atoms with Crippen molar-refractivity contribution in [2.24, 2.45) is 10.9 Å². The van der Waals surface area contributed by atoms with Crippen LogP contribution in [0, 0.1) is 5.92 Å². The monoisotopic (exact) mass is 448 g/mol. The highest BCUT2D eigenvalue weighted by atomic mass is 16.5. The third-order valence-electron chi connectivity index (χ3n) is 6.04. The molecule has 1 amide bonds. The lowest BCUT2D eigenvalue weighted by molar-refractivity contribution is -0.136. The maximum Gasteiger partial charge on any atom is 0.225 e. The SMILES string of the molecule is CCNC(=NCC(O)c1cc(OC)ccc1OC)NC1CCN(C(=O)C(CC)CC)CC1. The number of guanidine groups is 1. The van der Waals surface area contributed by atoms with Gasteiger partial charge in [-0.05, 0) is 50.8 Å². The predicted octanol–water partition coefficient (Wildman–Crippen LogP) is 2.72. The average Bonchev–Trinajstić information content (AvgIpc) is 2.83. The topological polar surface area (TPSA) is 95.4 Å². The average molecular weight is 449 g/mol. The Morgan fingerprint density at radius 3 is 2.44 bits per heavy atom. The van der Waals surface area contributed by atoms with E-state index < -0.39 is 6.10 Å². The molecule has 0 aromatic heterocycles. The summed E-state index contributed by atoms with van der Waals surface area (Å²) in [5, 5.41) is 17.4. The number of hydrogen-bond donors (Lipinski definition) is 3. The number of rotatable bonds is 10. The first-order valence-electron chi connectivity index (χ1n) is 11.7. The van der Waals surface area contributed by atoms with Crippen LogP contribution in [0.1, 0.15) is 58.1 Å². The van der Waals surface area contributed by atoms with E-state index in [1.807, 2.05) is 11.8 Å². The number of carbonyl (C=O) groups excluding carboxylic acids is 1. The Bertz CT molecular complexity index is 744. The lowest BCUT2D eigenvalue weighted by Crippen LogP contribution is -2.50. The lowest BCUT2D eigenvalue weighted by Gasteiger charge is -2.35. The number of hydrogen-bond acceptors (Lipinski definition) is 5. The van der Waals surface area contributed by atoms with Gasteiger partial charge in [0, 0.05) is 37.2 Å². The Labute approximate surface area is 192 Å². The molecule has 8 heteroatoms. The molecule has 0 bridgehead atoms. The molecular weight excluding hydrogens is 408 g/mol. The van der Waals surface area contributed by atoms with Gasteiger partial charge in [-0.15, -0.1) is 0 Å². The van der Waals surface area contributed by atoms with Gasteiger partial charge in [0.05, 0.1) is 20.8 Å². The molecule has 1 fully saturated rings. The summed E-state index contributed by atoms with van der Waals surface area (Å²) in [4.78, 5) is 19.2. The highest BCUT2D eigenvalue weighted by molar-refractivity contribution is 5.80. The Kier molecular flexibility index (Phi) is 10.6. The van der Waals surface area contributed by atoms with Crippen LogP contribution in [0.25, 0.3) is 0 Å². The molecule has 1 aromatic rings. The Morgan fingerprint density at radius 2 is 1.88 bits per heavy atom. The number of piperidine rings is 1. The van der Waals surface area contributed by atoms with Crippen molar-refractivity contribution in [3.8, 4) is 11.5 Å². The number of amides is 1. The van der Waals surface area contributed by atoms with E-state index in [0.29, 0.717) is 23.0 Å². The summed E-state index contributed by atoms with van der Waals surface area (Å²) in [6.45, 7) is 8.59. The molecule has 0 saturated carbocycles. The molecule has 8 nitrogen and oxygen atoms in total. The van der Waals surface area contributed by atoms with E-state index in [-0.39, 0.29) is 24.4 Å². The maximum atomic E-state index is 12.6. The number of nitrogens with zero attached hydrogens (tertiary/aromatic N) is 2. The molecule has 0 aliphatic carbocycles. The number of methoxy groups -OCH3 is 2. The molecule has 1 unspecified atom stereocenters. The molecular formula is C24H40N4O4. The summed E-state index contributed by atoms with van der Waals surface area (Å²) >= 11 is 0. The minimum absolute atomic E-state index is 0.133. The number of likely N-dealkylation sites (tertiary alicyclic amines) is 1. The van der Waals surface area contributed by atoms with Gasteiger partial charge in [-0.25, -0.2) is 0 Å². The molecule has 2 rings (SSSR count). The van der Waals surface area contributed by atoms with E-state index in [1.165, 1.54) is 0 Å². The largest absolute Gasteiger partial charge is 0.497 e. The van der Waals surface area contributed by atoms with Crippen LogP contribution in [0.4, 0.5) is 0 Å². The Balaban J connectivity index is 1.97. The van der Waals surface area contributed by atoms with Crippen LogP contribution in [-0.4, -0.2) is 68.3 Å². The van der Waals surface area contributed by atoms with Crippen molar-refractivity contribution in [3.05, 3.63) is 23.8 Å². The maximum absolute atomic E-state index is 12.6. The number of aliphatic hydroxyl groups is 1. The summed E-state index contributed by atoms with van der Waals surface area (Å²) in [7, 11) is 3.17. The molecule has 180 valence electrons. The summed E-state index contributed by atoms with van der Waals surface area (Å²) in [6.07, 6.45) is 2.72. The molecule has 1 heterocycles. The van der Waals surface area contributed by atoms with Crippen LogP contribution in [-0.2, 0) is 4.79 Å². The van der Waals surface area contributed by atoms with E-state index in [4.69, 9.17) is 9.47 Å². The van der Waals surface area contributed by atoms with Gasteiger partial charge >= 0.3 is 0 Å². The van der Waals surface area contributed by atoms with Gasteiger partial charge in [-0.3, -0.25) is 9.79 Å². The number of aliphatic imine (C=N–C) groups is 1. The number of ether oxygens (including phenoxy) is 2. The second kappa shape index (κ2) is 13.2. The Morgan fingerprint density at radius 1 is 1.19 bits per heavy atom. The van der Waals surface area contributed by atoms with Crippen LogP contribution in [0.3, 0.4) is 0 Å². The van der Waals surface area contributed by atoms with Gasteiger partial charge in [-0.1, -0.05) is 13.8 Å². The summed E-state index contributed by atoms with van der Waals surface area (Å²) < 4.78 is 10.6. The first-order valence-corrected chi connectivity index (χ1v) is 11.7. The second-order valence-corrected chi connectivity index (χ2v) is 8.10. The minimum atomic E-state index is -0.824. The Hall–Kier alpha value is -2.48. The predicted molar refractivity (Wildman–Crippen MR) is 127 cm³/mol. The summed E-state index contributed by atoms with van der Waals surface area (Å²) in [5.74, 6) is 2.33. The molecule has 1 atom stereocenters. The quantitative estimate of drug-likeness (QED) is 0.376. The molecule has 0 spiro atoms. The smallest absolute Gasteiger partial charge is 0.225 e. The van der Waals surface area contributed by atoms with Crippen LogP contribution < -0.4 is 20.1 Å². The van der Waals surface area contributed by atoms with Crippen LogP contribution in [0.5, 0.6) is 11.5 Å². The van der Waals surface area contributed by atoms with Gasteiger partial charge in [0.2, 0.25) is 5.91 Å². The first-order chi connectivity index (χ1) is 15.5. The molecule has 1 aliphatic rings. The lowest BCUT2D eigenvalue weighted by atomic mass is 9.98. The van der Waals surface area contributed by atoms with E-state index in [0.717, 1.165) is 45.3 Å². The van der Waals surface area contributed by atoms with Crippen molar-refractivity contribution in [1.29, 1.82) is 0 Å². The standard InChI is InChI=1S/C24H40N4O4/c1-6-17(7-2)23(30)28-13-11-18(12-14-28)27-24(25-8-3)26-16-21(29)20-15-19(31-4)9-10-22(20)32-5/h9-10,15,17-18,21,29H,6-8,11-14,16H2,1-5H3,(H2,25,26,27). The minimum Gasteiger partial charge on any atom is -0.497 e. The highest BCUT2D eigenvalue weighted by Crippen LogP contribution is 2.29. The van der Waals surface area contributed by atoms with Crippen molar-refractivity contribution >= 4 is 11.9 Å². The van der Waals surface area contributed by atoms with Gasteiger partial charge in [-0.2, -0.15) is 0 Å². The highest BCUT2D eigenvalue weighted by Gasteiger charge is 2.27. The van der Waals surface area contributed by atoms with E-state index in [1.54, 1.807) is 32.4 Å². The number of benzene rings is 1. The molecule has 1 aliphatic heterocycles. The van der Waals surface area contributed by atoms with Gasteiger partial charge in [0.25, 0.3) is 0 Å². The van der Waals surface area contributed by atoms with Gasteiger partial charge < -0.3 is 30.1 Å². The first kappa shape index (κ1) is 25.8. The van der Waals surface area contributed by atoms with Crippen molar-refractivity contribution in [2.75, 3.05) is 40.4 Å². The fourth-order valence-corrected chi connectivity index (χ4v) is 4.03. The van der Waals surface area contributed by atoms with E-state index in [9.17, 15) is 9.90 Å².